The number of rotatable bonds is 5. The molecule has 5 nitrogen and oxygen atoms in total. The molecule has 29 heavy (non-hydrogen) atoms. The highest BCUT2D eigenvalue weighted by Gasteiger charge is 2.33. The van der Waals surface area contributed by atoms with E-state index < -0.39 is 11.9 Å². The van der Waals surface area contributed by atoms with Gasteiger partial charge in [0.25, 0.3) is 0 Å². The summed E-state index contributed by atoms with van der Waals surface area (Å²) < 4.78 is 40.7. The van der Waals surface area contributed by atoms with Gasteiger partial charge in [-0.25, -0.2) is 9.97 Å². The van der Waals surface area contributed by atoms with Crippen molar-refractivity contribution >= 4 is 28.7 Å². The molecule has 1 aliphatic carbocycles. The van der Waals surface area contributed by atoms with Crippen molar-refractivity contribution in [2.75, 3.05) is 5.32 Å². The molecule has 0 radical (unpaired) electrons. The lowest BCUT2D eigenvalue weighted by Gasteiger charge is -2.15. The van der Waals surface area contributed by atoms with Crippen molar-refractivity contribution in [3.05, 3.63) is 72.0 Å². The number of aromatic nitrogens is 3. The molecule has 1 aromatic carbocycles. The third-order valence-corrected chi connectivity index (χ3v) is 4.70. The lowest BCUT2D eigenvalue weighted by atomic mass is 9.98. The Hall–Kier alpha value is -3.42. The number of anilines is 1. The van der Waals surface area contributed by atoms with E-state index in [2.05, 4.69) is 15.3 Å². The van der Waals surface area contributed by atoms with Crippen LogP contribution < -0.4 is 5.32 Å². The van der Waals surface area contributed by atoms with Crippen molar-refractivity contribution in [2.45, 2.75) is 25.4 Å². The van der Waals surface area contributed by atoms with Gasteiger partial charge in [0.1, 0.15) is 11.2 Å². The monoisotopic (exact) mass is 398 g/mol. The number of pyridine rings is 1. The second-order valence-electron chi connectivity index (χ2n) is 6.82. The third-order valence-electron chi connectivity index (χ3n) is 4.70. The first-order valence-corrected chi connectivity index (χ1v) is 9.03. The van der Waals surface area contributed by atoms with Crippen LogP contribution in [0.2, 0.25) is 0 Å². The Morgan fingerprint density at radius 3 is 2.48 bits per heavy atom. The highest BCUT2D eigenvalue weighted by Crippen LogP contribution is 2.32. The molecule has 0 unspecified atom stereocenters. The predicted octanol–water partition coefficient (Wildman–Crippen LogP) is 4.99. The maximum absolute atomic E-state index is 13.1. The number of allylic oxidation sites excluding steroid dienone is 4. The minimum atomic E-state index is -4.57. The van der Waals surface area contributed by atoms with Crippen LogP contribution in [0, 0.1) is 0 Å². The van der Waals surface area contributed by atoms with Crippen molar-refractivity contribution in [1.29, 1.82) is 0 Å². The van der Waals surface area contributed by atoms with Gasteiger partial charge < -0.3 is 0 Å². The molecule has 0 aliphatic heterocycles. The van der Waals surface area contributed by atoms with Gasteiger partial charge in [-0.1, -0.05) is 43.3 Å². The Kier molecular flexibility index (Phi) is 4.70. The Balaban J connectivity index is 1.64. The molecular formula is C21H17F3N4O. The van der Waals surface area contributed by atoms with E-state index in [0.717, 1.165) is 11.6 Å². The number of halogens is 3. The van der Waals surface area contributed by atoms with Crippen LogP contribution in [0.3, 0.4) is 0 Å². The lowest BCUT2D eigenvalue weighted by molar-refractivity contribution is -0.141. The number of hydrogen-bond donors (Lipinski definition) is 1. The summed E-state index contributed by atoms with van der Waals surface area (Å²) in [6, 6.07) is 11.7. The van der Waals surface area contributed by atoms with Crippen molar-refractivity contribution in [2.24, 2.45) is 0 Å². The summed E-state index contributed by atoms with van der Waals surface area (Å²) in [5.41, 5.74) is 0.932. The second kappa shape index (κ2) is 7.20. The van der Waals surface area contributed by atoms with Crippen LogP contribution in [0.25, 0.3) is 16.9 Å². The van der Waals surface area contributed by atoms with E-state index in [4.69, 9.17) is 0 Å². The summed E-state index contributed by atoms with van der Waals surface area (Å²) in [7, 11) is 0. The molecule has 0 fully saturated rings. The smallest absolute Gasteiger partial charge is 0.296 e. The number of benzene rings is 1. The topological polar surface area (TPSA) is 59.8 Å². The van der Waals surface area contributed by atoms with E-state index in [1.54, 1.807) is 18.2 Å². The van der Waals surface area contributed by atoms with Crippen LogP contribution in [0.1, 0.15) is 30.5 Å². The van der Waals surface area contributed by atoms with Gasteiger partial charge in [0.2, 0.25) is 11.9 Å². The number of carbonyl (C=O) groups excluding carboxylic acids is 1. The van der Waals surface area contributed by atoms with Crippen LogP contribution >= 0.6 is 0 Å². The zero-order valence-electron chi connectivity index (χ0n) is 15.4. The Morgan fingerprint density at radius 2 is 1.86 bits per heavy atom. The zero-order valence-corrected chi connectivity index (χ0v) is 15.4. The molecule has 0 saturated heterocycles. The SMILES string of the molecule is C[C@H](CC(=O)Nc1nc2ccc(C(F)(F)F)nc2n1C1=CC=C1)c1ccccc1. The number of carbonyl (C=O) groups is 1. The molecule has 1 aliphatic rings. The number of alkyl halides is 3. The molecular weight excluding hydrogens is 381 g/mol. The van der Waals surface area contributed by atoms with Gasteiger partial charge in [-0.05, 0) is 35.8 Å². The summed E-state index contributed by atoms with van der Waals surface area (Å²) in [5, 5.41) is 2.72. The molecule has 1 N–H and O–H groups in total. The molecule has 8 heteroatoms. The molecule has 0 spiro atoms. The number of hydrogen-bond acceptors (Lipinski definition) is 3. The molecule has 1 atom stereocenters. The largest absolute Gasteiger partial charge is 0.433 e. The molecule has 2 aromatic heterocycles. The van der Waals surface area contributed by atoms with E-state index in [-0.39, 0.29) is 35.4 Å². The van der Waals surface area contributed by atoms with Gasteiger partial charge in [0, 0.05) is 6.42 Å². The van der Waals surface area contributed by atoms with E-state index in [1.165, 1.54) is 10.6 Å². The first-order chi connectivity index (χ1) is 13.8. The summed E-state index contributed by atoms with van der Waals surface area (Å²) in [6.07, 6.45) is 0.819. The standard InChI is InChI=1S/C21H17F3N4O/c1-13(14-6-3-2-4-7-14)12-18(29)27-20-25-16-10-11-17(21(22,23)24)26-19(16)28(20)15-8-5-9-15/h2-11,13H,12H2,1H3,(H,25,27,29)/t13-/m1/s1. The fourth-order valence-electron chi connectivity index (χ4n) is 3.13. The number of nitrogens with one attached hydrogen (secondary N) is 1. The minimum Gasteiger partial charge on any atom is -0.296 e. The van der Waals surface area contributed by atoms with Crippen molar-refractivity contribution < 1.29 is 18.0 Å². The van der Waals surface area contributed by atoms with Crippen LogP contribution in [-0.2, 0) is 11.0 Å². The van der Waals surface area contributed by atoms with E-state index in [9.17, 15) is 18.0 Å². The van der Waals surface area contributed by atoms with E-state index >= 15 is 0 Å². The number of amides is 1. The van der Waals surface area contributed by atoms with Gasteiger partial charge >= 0.3 is 6.18 Å². The van der Waals surface area contributed by atoms with Gasteiger partial charge in [-0.3, -0.25) is 14.7 Å². The normalized spacial score (nSPS) is 14.4. The van der Waals surface area contributed by atoms with Crippen LogP contribution in [0.4, 0.5) is 19.1 Å². The summed E-state index contributed by atoms with van der Waals surface area (Å²) >= 11 is 0. The predicted molar refractivity (Wildman–Crippen MR) is 104 cm³/mol. The summed E-state index contributed by atoms with van der Waals surface area (Å²) in [4.78, 5) is 20.6. The molecule has 0 bridgehead atoms. The molecule has 2 heterocycles. The molecule has 0 saturated carbocycles. The minimum absolute atomic E-state index is 0.0215. The van der Waals surface area contributed by atoms with Gasteiger partial charge in [-0.2, -0.15) is 13.2 Å². The summed E-state index contributed by atoms with van der Waals surface area (Å²) in [6.45, 7) is 1.94. The van der Waals surface area contributed by atoms with Crippen molar-refractivity contribution in [3.8, 4) is 0 Å². The number of nitrogens with zero attached hydrogens (tertiary/aromatic N) is 3. The van der Waals surface area contributed by atoms with Gasteiger partial charge in [-0.15, -0.1) is 0 Å². The third kappa shape index (κ3) is 3.78. The van der Waals surface area contributed by atoms with Crippen LogP contribution in [0.15, 0.2) is 60.7 Å². The second-order valence-corrected chi connectivity index (χ2v) is 6.82. The van der Waals surface area contributed by atoms with Crippen molar-refractivity contribution in [1.82, 2.24) is 14.5 Å². The van der Waals surface area contributed by atoms with Gasteiger partial charge in [0.15, 0.2) is 5.65 Å². The average Bonchev–Trinajstić information content (AvgIpc) is 2.97. The molecule has 1 amide bonds. The highest BCUT2D eigenvalue weighted by molar-refractivity contribution is 5.94. The fourth-order valence-corrected chi connectivity index (χ4v) is 3.13. The highest BCUT2D eigenvalue weighted by atomic mass is 19.4. The van der Waals surface area contributed by atoms with E-state index in [0.29, 0.717) is 5.70 Å². The number of imidazole rings is 1. The molecule has 148 valence electrons. The summed E-state index contributed by atoms with van der Waals surface area (Å²) in [5.74, 6) is -0.155. The first-order valence-electron chi connectivity index (χ1n) is 9.03. The van der Waals surface area contributed by atoms with Gasteiger partial charge in [0.05, 0.1) is 5.70 Å². The number of fused-ring (bicyclic) bond motifs is 1. The van der Waals surface area contributed by atoms with Crippen LogP contribution in [-0.4, -0.2) is 20.4 Å². The maximum Gasteiger partial charge on any atom is 0.433 e. The Morgan fingerprint density at radius 1 is 1.14 bits per heavy atom. The quantitative estimate of drug-likeness (QED) is 0.659. The Labute approximate surface area is 164 Å². The average molecular weight is 398 g/mol. The zero-order chi connectivity index (χ0) is 20.6. The first kappa shape index (κ1) is 18.9. The fraction of sp³-hybridized carbons (Fsp3) is 0.190. The lowest BCUT2D eigenvalue weighted by Crippen LogP contribution is -2.18. The molecule has 3 aromatic rings. The van der Waals surface area contributed by atoms with Crippen LogP contribution in [0.5, 0.6) is 0 Å². The van der Waals surface area contributed by atoms with Crippen molar-refractivity contribution in [3.63, 3.8) is 0 Å². The maximum atomic E-state index is 13.1. The van der Waals surface area contributed by atoms with E-state index in [1.807, 2.05) is 37.3 Å². The Bertz CT molecular complexity index is 1130. The molecule has 4 rings (SSSR count).